The molecule has 0 unspecified atom stereocenters. The molecule has 2 aromatic rings. The van der Waals surface area contributed by atoms with Crippen LogP contribution in [0.25, 0.3) is 0 Å². The molecule has 4 N–H and O–H groups in total. The first kappa shape index (κ1) is 21.0. The average Bonchev–Trinajstić information content (AvgIpc) is 2.69. The molecular formula is C21H26N4O3. The number of anilines is 3. The molecule has 28 heavy (non-hydrogen) atoms. The molecule has 0 fully saturated rings. The van der Waals surface area contributed by atoms with Crippen molar-refractivity contribution in [2.45, 2.75) is 27.2 Å². The Hall–Kier alpha value is -3.35. The molecule has 3 amide bonds. The Morgan fingerprint density at radius 1 is 0.893 bits per heavy atom. The van der Waals surface area contributed by atoms with Gasteiger partial charge in [0.15, 0.2) is 0 Å². The summed E-state index contributed by atoms with van der Waals surface area (Å²) in [6.45, 7) is 6.12. The van der Waals surface area contributed by atoms with Gasteiger partial charge in [-0.05, 0) is 49.7 Å². The van der Waals surface area contributed by atoms with Gasteiger partial charge in [-0.3, -0.25) is 14.4 Å². The largest absolute Gasteiger partial charge is 0.376 e. The maximum absolute atomic E-state index is 12.2. The van der Waals surface area contributed by atoms with Crippen LogP contribution in [-0.4, -0.2) is 30.8 Å². The molecule has 2 aromatic carbocycles. The van der Waals surface area contributed by atoms with Crippen molar-refractivity contribution in [1.82, 2.24) is 5.32 Å². The van der Waals surface area contributed by atoms with E-state index >= 15 is 0 Å². The third kappa shape index (κ3) is 6.12. The molecule has 148 valence electrons. The predicted molar refractivity (Wildman–Crippen MR) is 112 cm³/mol. The second kappa shape index (κ2) is 10.1. The molecule has 0 aliphatic heterocycles. The topological polar surface area (TPSA) is 99.3 Å². The molecule has 7 nitrogen and oxygen atoms in total. The summed E-state index contributed by atoms with van der Waals surface area (Å²) in [5.74, 6) is -0.475. The highest BCUT2D eigenvalue weighted by molar-refractivity contribution is 5.97. The highest BCUT2D eigenvalue weighted by Crippen LogP contribution is 2.20. The van der Waals surface area contributed by atoms with Gasteiger partial charge < -0.3 is 21.3 Å². The molecule has 0 saturated carbocycles. The normalized spacial score (nSPS) is 10.1. The van der Waals surface area contributed by atoms with E-state index in [-0.39, 0.29) is 24.3 Å². The number of amides is 3. The maximum atomic E-state index is 12.2. The van der Waals surface area contributed by atoms with E-state index in [0.29, 0.717) is 35.6 Å². The lowest BCUT2D eigenvalue weighted by Crippen LogP contribution is -2.23. The highest BCUT2D eigenvalue weighted by Gasteiger charge is 2.08. The molecule has 0 radical (unpaired) electrons. The van der Waals surface area contributed by atoms with Crippen LogP contribution in [0, 0.1) is 6.92 Å². The van der Waals surface area contributed by atoms with Crippen molar-refractivity contribution >= 4 is 34.8 Å². The summed E-state index contributed by atoms with van der Waals surface area (Å²) in [6, 6.07) is 12.3. The zero-order chi connectivity index (χ0) is 20.5. The second-order valence-electron chi connectivity index (χ2n) is 6.27. The Bertz CT molecular complexity index is 864. The second-order valence-corrected chi connectivity index (χ2v) is 6.27. The third-order valence-corrected chi connectivity index (χ3v) is 4.03. The number of rotatable bonds is 8. The van der Waals surface area contributed by atoms with Gasteiger partial charge in [0.25, 0.3) is 5.91 Å². The van der Waals surface area contributed by atoms with E-state index in [9.17, 15) is 14.4 Å². The molecule has 0 bridgehead atoms. The van der Waals surface area contributed by atoms with Gasteiger partial charge in [-0.15, -0.1) is 0 Å². The molecule has 0 heterocycles. The van der Waals surface area contributed by atoms with Crippen molar-refractivity contribution in [3.63, 3.8) is 0 Å². The zero-order valence-corrected chi connectivity index (χ0v) is 16.4. The van der Waals surface area contributed by atoms with E-state index in [1.54, 1.807) is 43.3 Å². The number of hydrogen-bond acceptors (Lipinski definition) is 4. The molecule has 0 aliphatic rings. The molecule has 0 saturated heterocycles. The fourth-order valence-electron chi connectivity index (χ4n) is 2.49. The highest BCUT2D eigenvalue weighted by atomic mass is 16.2. The first-order valence-corrected chi connectivity index (χ1v) is 9.25. The quantitative estimate of drug-likeness (QED) is 0.564. The predicted octanol–water partition coefficient (Wildman–Crippen LogP) is 3.14. The number of benzene rings is 2. The summed E-state index contributed by atoms with van der Waals surface area (Å²) < 4.78 is 0. The van der Waals surface area contributed by atoms with Crippen molar-refractivity contribution in [2.24, 2.45) is 0 Å². The van der Waals surface area contributed by atoms with Crippen LogP contribution >= 0.6 is 0 Å². The van der Waals surface area contributed by atoms with Crippen molar-refractivity contribution in [1.29, 1.82) is 0 Å². The van der Waals surface area contributed by atoms with Gasteiger partial charge in [-0.25, -0.2) is 0 Å². The SMILES string of the molecule is CCNC(=O)c1cccc(NCC(=O)Nc2ccc(C)c(NC(=O)CC)c2)c1. The van der Waals surface area contributed by atoms with Crippen LogP contribution in [0.2, 0.25) is 0 Å². The van der Waals surface area contributed by atoms with Crippen molar-refractivity contribution in [2.75, 3.05) is 29.0 Å². The Labute approximate surface area is 164 Å². The van der Waals surface area contributed by atoms with Gasteiger partial charge in [-0.2, -0.15) is 0 Å². The van der Waals surface area contributed by atoms with E-state index in [0.717, 1.165) is 5.56 Å². The minimum absolute atomic E-state index is 0.0450. The summed E-state index contributed by atoms with van der Waals surface area (Å²) in [6.07, 6.45) is 0.384. The van der Waals surface area contributed by atoms with Crippen molar-refractivity contribution in [3.8, 4) is 0 Å². The van der Waals surface area contributed by atoms with Crippen LogP contribution in [-0.2, 0) is 9.59 Å². The summed E-state index contributed by atoms with van der Waals surface area (Å²) >= 11 is 0. The summed E-state index contributed by atoms with van der Waals surface area (Å²) in [5, 5.41) is 11.4. The standard InChI is InChI=1S/C21H26N4O3/c1-4-19(26)25-18-12-17(10-9-14(18)3)24-20(27)13-23-16-8-6-7-15(11-16)21(28)22-5-2/h6-12,23H,4-5,13H2,1-3H3,(H,22,28)(H,24,27)(H,25,26). The smallest absolute Gasteiger partial charge is 0.251 e. The van der Waals surface area contributed by atoms with Crippen LogP contribution in [0.4, 0.5) is 17.1 Å². The monoisotopic (exact) mass is 382 g/mol. The lowest BCUT2D eigenvalue weighted by Gasteiger charge is -2.12. The molecule has 7 heteroatoms. The summed E-state index contributed by atoms with van der Waals surface area (Å²) in [4.78, 5) is 35.7. The summed E-state index contributed by atoms with van der Waals surface area (Å²) in [7, 11) is 0. The Morgan fingerprint density at radius 3 is 2.39 bits per heavy atom. The number of nitrogens with one attached hydrogen (secondary N) is 4. The third-order valence-electron chi connectivity index (χ3n) is 4.03. The Balaban J connectivity index is 1.96. The van der Waals surface area contributed by atoms with Gasteiger partial charge in [-0.1, -0.05) is 19.1 Å². The van der Waals surface area contributed by atoms with Crippen LogP contribution in [0.1, 0.15) is 36.2 Å². The minimum Gasteiger partial charge on any atom is -0.376 e. The lowest BCUT2D eigenvalue weighted by atomic mass is 10.1. The van der Waals surface area contributed by atoms with Crippen LogP contribution in [0.3, 0.4) is 0 Å². The first-order chi connectivity index (χ1) is 13.4. The molecule has 2 rings (SSSR count). The van der Waals surface area contributed by atoms with Crippen LogP contribution < -0.4 is 21.3 Å². The minimum atomic E-state index is -0.236. The van der Waals surface area contributed by atoms with Crippen LogP contribution in [0.15, 0.2) is 42.5 Å². The van der Waals surface area contributed by atoms with Gasteiger partial charge in [0.2, 0.25) is 11.8 Å². The van der Waals surface area contributed by atoms with Crippen molar-refractivity contribution < 1.29 is 14.4 Å². The van der Waals surface area contributed by atoms with E-state index in [1.807, 2.05) is 19.9 Å². The van der Waals surface area contributed by atoms with E-state index in [1.165, 1.54) is 0 Å². The van der Waals surface area contributed by atoms with Gasteiger partial charge in [0.1, 0.15) is 0 Å². The van der Waals surface area contributed by atoms with E-state index in [2.05, 4.69) is 21.3 Å². The number of aryl methyl sites for hydroxylation is 1. The van der Waals surface area contributed by atoms with E-state index in [4.69, 9.17) is 0 Å². The average molecular weight is 382 g/mol. The Morgan fingerprint density at radius 2 is 1.68 bits per heavy atom. The Kier molecular flexibility index (Phi) is 7.56. The van der Waals surface area contributed by atoms with Gasteiger partial charge in [0.05, 0.1) is 6.54 Å². The lowest BCUT2D eigenvalue weighted by molar-refractivity contribution is -0.116. The number of carbonyl (C=O) groups excluding carboxylic acids is 3. The van der Waals surface area contributed by atoms with Crippen molar-refractivity contribution in [3.05, 3.63) is 53.6 Å². The fourth-order valence-corrected chi connectivity index (χ4v) is 2.49. The molecular weight excluding hydrogens is 356 g/mol. The maximum Gasteiger partial charge on any atom is 0.251 e. The van der Waals surface area contributed by atoms with Gasteiger partial charge >= 0.3 is 0 Å². The fraction of sp³-hybridized carbons (Fsp3) is 0.286. The van der Waals surface area contributed by atoms with Gasteiger partial charge in [0, 0.05) is 35.6 Å². The molecule has 0 aromatic heterocycles. The molecule has 0 atom stereocenters. The molecule has 0 spiro atoms. The van der Waals surface area contributed by atoms with Crippen LogP contribution in [0.5, 0.6) is 0 Å². The molecule has 0 aliphatic carbocycles. The first-order valence-electron chi connectivity index (χ1n) is 9.25. The number of hydrogen-bond donors (Lipinski definition) is 4. The van der Waals surface area contributed by atoms with E-state index < -0.39 is 0 Å². The summed E-state index contributed by atoms with van der Waals surface area (Å²) in [5.41, 5.74) is 3.40. The number of carbonyl (C=O) groups is 3. The zero-order valence-electron chi connectivity index (χ0n) is 16.4.